The normalized spacial score (nSPS) is 10.8. The number of esters is 1. The number of carbonyl (C=O) groups is 2. The van der Waals surface area contributed by atoms with Crippen molar-refractivity contribution in [3.63, 3.8) is 0 Å². The van der Waals surface area contributed by atoms with Crippen LogP contribution in [0.3, 0.4) is 0 Å². The molecule has 0 aliphatic rings. The standard InChI is InChI=1S/C18H21N3O3/c1-12-6-5-7-15(10-12)19-17(22)11-24-18(23)9-8-16-13(2)20-21(4)14(16)3/h5-10H,11H2,1-4H3,(H,19,22)/b9-8+. The Morgan fingerprint density at radius 1 is 1.29 bits per heavy atom. The lowest BCUT2D eigenvalue weighted by atomic mass is 10.2. The topological polar surface area (TPSA) is 73.2 Å². The SMILES string of the molecule is Cc1cccc(NC(=O)COC(=O)/C=C/c2c(C)nn(C)c2C)c1. The fourth-order valence-corrected chi connectivity index (χ4v) is 2.29. The van der Waals surface area contributed by atoms with E-state index in [0.29, 0.717) is 5.69 Å². The van der Waals surface area contributed by atoms with Crippen LogP contribution in [0.2, 0.25) is 0 Å². The molecule has 1 heterocycles. The zero-order valence-electron chi connectivity index (χ0n) is 14.3. The fourth-order valence-electron chi connectivity index (χ4n) is 2.29. The van der Waals surface area contributed by atoms with Gasteiger partial charge in [-0.2, -0.15) is 5.10 Å². The summed E-state index contributed by atoms with van der Waals surface area (Å²) in [4.78, 5) is 23.5. The van der Waals surface area contributed by atoms with Crippen LogP contribution >= 0.6 is 0 Å². The molecule has 2 rings (SSSR count). The van der Waals surface area contributed by atoms with Crippen molar-refractivity contribution >= 4 is 23.6 Å². The van der Waals surface area contributed by atoms with E-state index in [2.05, 4.69) is 10.4 Å². The van der Waals surface area contributed by atoms with E-state index in [4.69, 9.17) is 4.74 Å². The number of amides is 1. The Hall–Kier alpha value is -2.89. The minimum atomic E-state index is -0.572. The van der Waals surface area contributed by atoms with E-state index in [0.717, 1.165) is 22.5 Å². The van der Waals surface area contributed by atoms with E-state index < -0.39 is 5.97 Å². The number of hydrogen-bond acceptors (Lipinski definition) is 4. The molecule has 2 aromatic rings. The first kappa shape index (κ1) is 17.5. The maximum Gasteiger partial charge on any atom is 0.331 e. The van der Waals surface area contributed by atoms with Gasteiger partial charge in [0.05, 0.1) is 5.69 Å². The first-order chi connectivity index (χ1) is 11.4. The highest BCUT2D eigenvalue weighted by Gasteiger charge is 2.08. The molecule has 0 saturated carbocycles. The van der Waals surface area contributed by atoms with E-state index in [-0.39, 0.29) is 12.5 Å². The van der Waals surface area contributed by atoms with E-state index in [1.807, 2.05) is 46.0 Å². The number of aromatic nitrogens is 2. The van der Waals surface area contributed by atoms with Crippen LogP contribution in [-0.2, 0) is 21.4 Å². The molecule has 6 heteroatoms. The summed E-state index contributed by atoms with van der Waals surface area (Å²) in [5, 5.41) is 6.95. The molecule has 1 amide bonds. The van der Waals surface area contributed by atoms with Crippen molar-refractivity contribution in [3.05, 3.63) is 52.9 Å². The van der Waals surface area contributed by atoms with Crippen molar-refractivity contribution < 1.29 is 14.3 Å². The third-order valence-corrected chi connectivity index (χ3v) is 3.60. The van der Waals surface area contributed by atoms with Crippen molar-refractivity contribution in [1.29, 1.82) is 0 Å². The number of benzene rings is 1. The second kappa shape index (κ2) is 7.59. The van der Waals surface area contributed by atoms with Gasteiger partial charge in [0.15, 0.2) is 6.61 Å². The Bertz CT molecular complexity index is 791. The molecule has 0 atom stereocenters. The number of aryl methyl sites for hydroxylation is 3. The highest BCUT2D eigenvalue weighted by molar-refractivity contribution is 5.94. The molecule has 6 nitrogen and oxygen atoms in total. The average molecular weight is 327 g/mol. The fraction of sp³-hybridized carbons (Fsp3) is 0.278. The summed E-state index contributed by atoms with van der Waals surface area (Å²) in [6, 6.07) is 7.40. The summed E-state index contributed by atoms with van der Waals surface area (Å²) >= 11 is 0. The van der Waals surface area contributed by atoms with Gasteiger partial charge in [-0.3, -0.25) is 9.48 Å². The lowest BCUT2D eigenvalue weighted by Gasteiger charge is -2.06. The number of nitrogens with zero attached hydrogens (tertiary/aromatic N) is 2. The second-order valence-corrected chi connectivity index (χ2v) is 5.57. The summed E-state index contributed by atoms with van der Waals surface area (Å²) in [5.41, 5.74) is 4.37. The van der Waals surface area contributed by atoms with E-state index in [1.165, 1.54) is 6.08 Å². The molecule has 0 spiro atoms. The molecule has 0 aliphatic carbocycles. The highest BCUT2D eigenvalue weighted by Crippen LogP contribution is 2.13. The van der Waals surface area contributed by atoms with Gasteiger partial charge in [-0.15, -0.1) is 0 Å². The van der Waals surface area contributed by atoms with Gasteiger partial charge >= 0.3 is 5.97 Å². The molecule has 0 unspecified atom stereocenters. The minimum Gasteiger partial charge on any atom is -0.452 e. The Morgan fingerprint density at radius 2 is 2.04 bits per heavy atom. The van der Waals surface area contributed by atoms with Gasteiger partial charge in [-0.25, -0.2) is 4.79 Å². The third kappa shape index (κ3) is 4.55. The lowest BCUT2D eigenvalue weighted by Crippen LogP contribution is -2.20. The Morgan fingerprint density at radius 3 is 2.67 bits per heavy atom. The highest BCUT2D eigenvalue weighted by atomic mass is 16.5. The van der Waals surface area contributed by atoms with Gasteiger partial charge in [-0.1, -0.05) is 12.1 Å². The zero-order valence-corrected chi connectivity index (χ0v) is 14.3. The molecular weight excluding hydrogens is 306 g/mol. The summed E-state index contributed by atoms with van der Waals surface area (Å²) in [6.45, 7) is 5.39. The van der Waals surface area contributed by atoms with Gasteiger partial charge in [0.1, 0.15) is 0 Å². The largest absolute Gasteiger partial charge is 0.452 e. The minimum absolute atomic E-state index is 0.331. The summed E-state index contributed by atoms with van der Waals surface area (Å²) in [7, 11) is 1.84. The molecule has 0 radical (unpaired) electrons. The van der Waals surface area contributed by atoms with Crippen LogP contribution < -0.4 is 5.32 Å². The number of carbonyl (C=O) groups excluding carboxylic acids is 2. The molecule has 0 bridgehead atoms. The molecule has 24 heavy (non-hydrogen) atoms. The molecule has 0 aliphatic heterocycles. The Kier molecular flexibility index (Phi) is 5.52. The first-order valence-electron chi connectivity index (χ1n) is 7.58. The molecule has 0 fully saturated rings. The second-order valence-electron chi connectivity index (χ2n) is 5.57. The summed E-state index contributed by atoms with van der Waals surface area (Å²) < 4.78 is 6.70. The number of anilines is 1. The Labute approximate surface area is 141 Å². The number of hydrogen-bond donors (Lipinski definition) is 1. The summed E-state index contributed by atoms with van der Waals surface area (Å²) in [6.07, 6.45) is 2.95. The number of nitrogens with one attached hydrogen (secondary N) is 1. The van der Waals surface area contributed by atoms with Gasteiger partial charge in [0.2, 0.25) is 0 Å². The Balaban J connectivity index is 1.86. The van der Waals surface area contributed by atoms with Gasteiger partial charge in [-0.05, 0) is 44.5 Å². The maximum absolute atomic E-state index is 11.8. The van der Waals surface area contributed by atoms with Crippen molar-refractivity contribution in [1.82, 2.24) is 9.78 Å². The predicted molar refractivity (Wildman–Crippen MR) is 92.5 cm³/mol. The van der Waals surface area contributed by atoms with E-state index >= 15 is 0 Å². The van der Waals surface area contributed by atoms with Gasteiger partial charge < -0.3 is 10.1 Å². The molecule has 1 aromatic heterocycles. The van der Waals surface area contributed by atoms with Crippen molar-refractivity contribution in [2.75, 3.05) is 11.9 Å². The molecular formula is C18H21N3O3. The third-order valence-electron chi connectivity index (χ3n) is 3.60. The van der Waals surface area contributed by atoms with Crippen molar-refractivity contribution in [2.45, 2.75) is 20.8 Å². The molecule has 126 valence electrons. The van der Waals surface area contributed by atoms with Crippen LogP contribution in [0.4, 0.5) is 5.69 Å². The van der Waals surface area contributed by atoms with E-state index in [9.17, 15) is 9.59 Å². The molecule has 1 N–H and O–H groups in total. The molecule has 1 aromatic carbocycles. The average Bonchev–Trinajstić information content (AvgIpc) is 2.76. The zero-order chi connectivity index (χ0) is 17.7. The van der Waals surface area contributed by atoms with Crippen LogP contribution in [0, 0.1) is 20.8 Å². The van der Waals surface area contributed by atoms with Gasteiger partial charge in [0.25, 0.3) is 5.91 Å². The van der Waals surface area contributed by atoms with Crippen LogP contribution in [-0.4, -0.2) is 28.3 Å². The van der Waals surface area contributed by atoms with E-state index in [1.54, 1.807) is 16.8 Å². The van der Waals surface area contributed by atoms with Crippen molar-refractivity contribution in [3.8, 4) is 0 Å². The quantitative estimate of drug-likeness (QED) is 0.676. The number of ether oxygens (including phenoxy) is 1. The van der Waals surface area contributed by atoms with Crippen LogP contribution in [0.15, 0.2) is 30.3 Å². The van der Waals surface area contributed by atoms with Crippen LogP contribution in [0.5, 0.6) is 0 Å². The predicted octanol–water partition coefficient (Wildman–Crippen LogP) is 2.54. The van der Waals surface area contributed by atoms with Gasteiger partial charge in [0, 0.05) is 30.1 Å². The van der Waals surface area contributed by atoms with Crippen LogP contribution in [0.25, 0.3) is 6.08 Å². The first-order valence-corrected chi connectivity index (χ1v) is 7.58. The molecule has 0 saturated heterocycles. The smallest absolute Gasteiger partial charge is 0.331 e. The maximum atomic E-state index is 11.8. The monoisotopic (exact) mass is 327 g/mol. The number of rotatable bonds is 5. The van der Waals surface area contributed by atoms with Crippen molar-refractivity contribution in [2.24, 2.45) is 7.05 Å². The lowest BCUT2D eigenvalue weighted by molar-refractivity contribution is -0.142. The van der Waals surface area contributed by atoms with Crippen LogP contribution in [0.1, 0.15) is 22.5 Å². The summed E-state index contributed by atoms with van der Waals surface area (Å²) in [5.74, 6) is -0.951.